The molecule has 6 heteroatoms. The van der Waals surface area contributed by atoms with Gasteiger partial charge in [0.2, 0.25) is 5.91 Å². The zero-order chi connectivity index (χ0) is 19.3. The molecule has 0 bridgehead atoms. The van der Waals surface area contributed by atoms with Crippen molar-refractivity contribution in [1.82, 2.24) is 19.4 Å². The van der Waals surface area contributed by atoms with E-state index >= 15 is 0 Å². The topological polar surface area (TPSA) is 50.6 Å². The number of carbonyl (C=O) groups excluding carboxylic acids is 1. The van der Waals surface area contributed by atoms with Crippen LogP contribution in [0.2, 0.25) is 0 Å². The number of fused-ring (bicyclic) bond motifs is 1. The molecule has 28 heavy (non-hydrogen) atoms. The number of aromatic nitrogens is 2. The molecule has 0 radical (unpaired) electrons. The molecule has 2 aromatic rings. The van der Waals surface area contributed by atoms with E-state index < -0.39 is 0 Å². The monoisotopic (exact) mass is 382 g/mol. The van der Waals surface area contributed by atoms with Crippen molar-refractivity contribution < 1.29 is 9.53 Å². The Morgan fingerprint density at radius 2 is 2.14 bits per heavy atom. The number of rotatable bonds is 8. The largest absolute Gasteiger partial charge is 0.493 e. The van der Waals surface area contributed by atoms with Gasteiger partial charge in [0.15, 0.2) is 0 Å². The van der Waals surface area contributed by atoms with Crippen LogP contribution in [-0.2, 0) is 17.9 Å². The number of nitrogens with zero attached hydrogens (tertiary/aromatic N) is 4. The lowest BCUT2D eigenvalue weighted by molar-refractivity contribution is -0.143. The molecule has 3 heterocycles. The number of benzene rings is 1. The summed E-state index contributed by atoms with van der Waals surface area (Å²) in [6, 6.07) is 8.58. The third-order valence-electron chi connectivity index (χ3n) is 5.98. The molecule has 0 aliphatic carbocycles. The van der Waals surface area contributed by atoms with E-state index in [1.807, 2.05) is 37.8 Å². The lowest BCUT2D eigenvalue weighted by Crippen LogP contribution is -2.58. The van der Waals surface area contributed by atoms with Crippen molar-refractivity contribution in [2.75, 3.05) is 19.7 Å². The van der Waals surface area contributed by atoms with Crippen LogP contribution in [0.15, 0.2) is 43.0 Å². The summed E-state index contributed by atoms with van der Waals surface area (Å²) in [5, 5.41) is 0. The lowest BCUT2D eigenvalue weighted by atomic mass is 10.1. The van der Waals surface area contributed by atoms with E-state index in [2.05, 4.69) is 31.5 Å². The molecule has 1 aromatic carbocycles. The summed E-state index contributed by atoms with van der Waals surface area (Å²) in [5.41, 5.74) is 1.17. The first-order valence-corrected chi connectivity index (χ1v) is 10.4. The first-order valence-electron chi connectivity index (χ1n) is 10.4. The predicted molar refractivity (Wildman–Crippen MR) is 108 cm³/mol. The maximum absolute atomic E-state index is 12.7. The molecule has 2 saturated heterocycles. The number of piperazine rings is 1. The molecular formula is C22H30N4O2. The zero-order valence-corrected chi connectivity index (χ0v) is 16.7. The van der Waals surface area contributed by atoms with Gasteiger partial charge in [-0.25, -0.2) is 4.98 Å². The number of aryl methyl sites for hydroxylation is 1. The Kier molecular flexibility index (Phi) is 5.95. The molecule has 6 nitrogen and oxygen atoms in total. The highest BCUT2D eigenvalue weighted by Crippen LogP contribution is 2.28. The van der Waals surface area contributed by atoms with Crippen molar-refractivity contribution in [2.45, 2.75) is 57.8 Å². The van der Waals surface area contributed by atoms with Crippen molar-refractivity contribution in [2.24, 2.45) is 0 Å². The SMILES string of the molecule is C[C@H]1C(=O)N2CCC[C@H]2CN1Cc1ccccc1OCCCCn1ccnc1. The highest BCUT2D eigenvalue weighted by Gasteiger charge is 2.40. The molecule has 1 amide bonds. The second-order valence-electron chi connectivity index (χ2n) is 7.90. The molecule has 0 N–H and O–H groups in total. The molecule has 0 saturated carbocycles. The molecule has 2 fully saturated rings. The van der Waals surface area contributed by atoms with Crippen LogP contribution in [0.5, 0.6) is 5.75 Å². The highest BCUT2D eigenvalue weighted by atomic mass is 16.5. The van der Waals surface area contributed by atoms with Crippen LogP contribution in [-0.4, -0.2) is 57.0 Å². The van der Waals surface area contributed by atoms with Gasteiger partial charge in [0, 0.05) is 50.2 Å². The standard InChI is InChI=1S/C22H30N4O2/c1-18-22(27)26-12-6-8-20(26)16-25(18)15-19-7-2-3-9-21(19)28-14-5-4-11-24-13-10-23-17-24/h2-3,7,9-10,13,17-18,20H,4-6,8,11-12,14-16H2,1H3/t18-,20-/m0/s1. The predicted octanol–water partition coefficient (Wildman–Crippen LogP) is 2.94. The molecule has 2 aliphatic rings. The van der Waals surface area contributed by atoms with Gasteiger partial charge in [0.05, 0.1) is 19.0 Å². The van der Waals surface area contributed by atoms with Gasteiger partial charge in [0.1, 0.15) is 5.75 Å². The average Bonchev–Trinajstić information content (AvgIpc) is 3.38. The Morgan fingerprint density at radius 3 is 3.00 bits per heavy atom. The van der Waals surface area contributed by atoms with E-state index in [0.29, 0.717) is 12.6 Å². The Hall–Kier alpha value is -2.34. The molecule has 1 aromatic heterocycles. The molecule has 150 valence electrons. The summed E-state index contributed by atoms with van der Waals surface area (Å²) in [5.74, 6) is 1.23. The Labute approximate surface area is 167 Å². The van der Waals surface area contributed by atoms with Crippen LogP contribution >= 0.6 is 0 Å². The number of ether oxygens (including phenoxy) is 1. The number of hydrogen-bond acceptors (Lipinski definition) is 4. The summed E-state index contributed by atoms with van der Waals surface area (Å²) < 4.78 is 8.19. The van der Waals surface area contributed by atoms with Gasteiger partial charge in [0.25, 0.3) is 0 Å². The number of amides is 1. The molecule has 2 atom stereocenters. The second kappa shape index (κ2) is 8.78. The van der Waals surface area contributed by atoms with Crippen LogP contribution in [0.4, 0.5) is 0 Å². The summed E-state index contributed by atoms with van der Waals surface area (Å²) in [6.07, 6.45) is 9.98. The summed E-state index contributed by atoms with van der Waals surface area (Å²) in [6.45, 7) is 6.37. The Balaban J connectivity index is 1.31. The van der Waals surface area contributed by atoms with Gasteiger partial charge >= 0.3 is 0 Å². The number of hydrogen-bond donors (Lipinski definition) is 0. The van der Waals surface area contributed by atoms with Gasteiger partial charge < -0.3 is 14.2 Å². The average molecular weight is 383 g/mol. The fourth-order valence-corrected chi connectivity index (χ4v) is 4.33. The normalized spacial score (nSPS) is 22.5. The van der Waals surface area contributed by atoms with Gasteiger partial charge in [-0.15, -0.1) is 0 Å². The van der Waals surface area contributed by atoms with E-state index in [1.54, 1.807) is 0 Å². The molecule has 4 rings (SSSR count). The maximum Gasteiger partial charge on any atom is 0.239 e. The van der Waals surface area contributed by atoms with E-state index in [4.69, 9.17) is 4.74 Å². The number of imidazole rings is 1. The van der Waals surface area contributed by atoms with Gasteiger partial charge in [-0.05, 0) is 38.7 Å². The van der Waals surface area contributed by atoms with Gasteiger partial charge in [-0.1, -0.05) is 18.2 Å². The molecule has 2 aliphatic heterocycles. The Bertz CT molecular complexity index is 777. The maximum atomic E-state index is 12.7. The van der Waals surface area contributed by atoms with Crippen molar-refractivity contribution in [3.8, 4) is 5.75 Å². The first kappa shape index (κ1) is 19.0. The minimum absolute atomic E-state index is 0.0578. The van der Waals surface area contributed by atoms with E-state index in [0.717, 1.165) is 57.6 Å². The van der Waals surface area contributed by atoms with Gasteiger partial charge in [-0.2, -0.15) is 0 Å². The van der Waals surface area contributed by atoms with Crippen molar-refractivity contribution in [1.29, 1.82) is 0 Å². The molecule has 0 spiro atoms. The second-order valence-corrected chi connectivity index (χ2v) is 7.90. The first-order chi connectivity index (χ1) is 13.7. The summed E-state index contributed by atoms with van der Waals surface area (Å²) in [7, 11) is 0. The van der Waals surface area contributed by atoms with Crippen molar-refractivity contribution in [3.05, 3.63) is 48.5 Å². The van der Waals surface area contributed by atoms with E-state index in [-0.39, 0.29) is 11.9 Å². The molecule has 0 unspecified atom stereocenters. The van der Waals surface area contributed by atoms with Crippen LogP contribution in [0.1, 0.15) is 38.2 Å². The van der Waals surface area contributed by atoms with Crippen molar-refractivity contribution >= 4 is 5.91 Å². The third kappa shape index (κ3) is 4.22. The number of unbranched alkanes of at least 4 members (excludes halogenated alkanes) is 1. The third-order valence-corrected chi connectivity index (χ3v) is 5.98. The highest BCUT2D eigenvalue weighted by molar-refractivity contribution is 5.83. The zero-order valence-electron chi connectivity index (χ0n) is 16.7. The molecular weight excluding hydrogens is 352 g/mol. The smallest absolute Gasteiger partial charge is 0.239 e. The quantitative estimate of drug-likeness (QED) is 0.659. The van der Waals surface area contributed by atoms with Crippen LogP contribution < -0.4 is 4.74 Å². The Morgan fingerprint density at radius 1 is 1.25 bits per heavy atom. The lowest BCUT2D eigenvalue weighted by Gasteiger charge is -2.41. The van der Waals surface area contributed by atoms with E-state index in [1.165, 1.54) is 5.56 Å². The minimum atomic E-state index is -0.0578. The van der Waals surface area contributed by atoms with E-state index in [9.17, 15) is 4.79 Å². The summed E-state index contributed by atoms with van der Waals surface area (Å²) >= 11 is 0. The summed E-state index contributed by atoms with van der Waals surface area (Å²) in [4.78, 5) is 21.2. The fraction of sp³-hybridized carbons (Fsp3) is 0.545. The van der Waals surface area contributed by atoms with Crippen molar-refractivity contribution in [3.63, 3.8) is 0 Å². The fourth-order valence-electron chi connectivity index (χ4n) is 4.33. The number of para-hydroxylation sites is 1. The van der Waals surface area contributed by atoms with Crippen LogP contribution in [0.3, 0.4) is 0 Å². The van der Waals surface area contributed by atoms with Gasteiger partial charge in [-0.3, -0.25) is 9.69 Å². The number of carbonyl (C=O) groups is 1. The minimum Gasteiger partial charge on any atom is -0.493 e. The van der Waals surface area contributed by atoms with Crippen LogP contribution in [0.25, 0.3) is 0 Å². The van der Waals surface area contributed by atoms with Crippen LogP contribution in [0, 0.1) is 0 Å².